The fourth-order valence-electron chi connectivity index (χ4n) is 3.70. The summed E-state index contributed by atoms with van der Waals surface area (Å²) in [4.78, 5) is 0. The molecule has 1 atom stereocenters. The summed E-state index contributed by atoms with van der Waals surface area (Å²) in [5.41, 5.74) is 0. The molecule has 0 aromatic heterocycles. The van der Waals surface area contributed by atoms with Gasteiger partial charge in [0.2, 0.25) is 0 Å². The smallest absolute Gasteiger partial charge is 0.285 e. The molecule has 0 rings (SSSR count). The van der Waals surface area contributed by atoms with E-state index in [0.29, 0.717) is 19.8 Å². The number of rotatable bonds is 24. The zero-order chi connectivity index (χ0) is 22.3. The van der Waals surface area contributed by atoms with Crippen LogP contribution < -0.4 is 0 Å². The summed E-state index contributed by atoms with van der Waals surface area (Å²) in [5.74, 6) is -0.638. The zero-order valence-corrected chi connectivity index (χ0v) is 21.1. The average molecular weight is 431 g/mol. The molecule has 0 spiro atoms. The molecule has 30 heavy (non-hydrogen) atoms. The quantitative estimate of drug-likeness (QED) is 0.115. The second-order valence-electron chi connectivity index (χ2n) is 8.60. The minimum atomic E-state index is -0.892. The molecule has 0 aliphatic carbocycles. The number of methoxy groups -OCH3 is 1. The van der Waals surface area contributed by atoms with Crippen LogP contribution in [0.15, 0.2) is 0 Å². The second-order valence-corrected chi connectivity index (χ2v) is 8.60. The summed E-state index contributed by atoms with van der Waals surface area (Å²) in [6.45, 7) is 11.8. The first-order chi connectivity index (χ1) is 14.7. The first-order valence-electron chi connectivity index (χ1n) is 13.1. The number of hydrogen-bond donors (Lipinski definition) is 0. The van der Waals surface area contributed by atoms with Crippen LogP contribution in [0.25, 0.3) is 0 Å². The molecular formula is C26H54O4. The van der Waals surface area contributed by atoms with Gasteiger partial charge in [0, 0.05) is 19.6 Å². The SMILES string of the molecule is CCCCCCCCC(CCCOC)C(OCCCC)(OCCCC)OCCCC. The lowest BCUT2D eigenvalue weighted by Gasteiger charge is -2.40. The molecule has 0 heterocycles. The summed E-state index contributed by atoms with van der Waals surface area (Å²) in [7, 11) is 1.78. The van der Waals surface area contributed by atoms with Gasteiger partial charge in [-0.3, -0.25) is 0 Å². The Morgan fingerprint density at radius 2 is 0.933 bits per heavy atom. The van der Waals surface area contributed by atoms with Gasteiger partial charge >= 0.3 is 0 Å². The second kappa shape index (κ2) is 22.0. The molecule has 0 bridgehead atoms. The lowest BCUT2D eigenvalue weighted by Crippen LogP contribution is -2.47. The Bertz CT molecular complexity index is 308. The molecule has 0 saturated carbocycles. The van der Waals surface area contributed by atoms with Crippen molar-refractivity contribution >= 4 is 0 Å². The molecule has 0 aliphatic heterocycles. The Morgan fingerprint density at radius 1 is 0.500 bits per heavy atom. The molecule has 0 saturated heterocycles. The minimum Gasteiger partial charge on any atom is -0.385 e. The first-order valence-corrected chi connectivity index (χ1v) is 13.1. The molecule has 4 nitrogen and oxygen atoms in total. The number of unbranched alkanes of at least 4 members (excludes halogenated alkanes) is 8. The highest BCUT2D eigenvalue weighted by molar-refractivity contribution is 4.74. The van der Waals surface area contributed by atoms with Crippen molar-refractivity contribution in [3.05, 3.63) is 0 Å². The fourth-order valence-corrected chi connectivity index (χ4v) is 3.70. The molecule has 0 fully saturated rings. The van der Waals surface area contributed by atoms with Gasteiger partial charge in [-0.15, -0.1) is 0 Å². The molecule has 182 valence electrons. The maximum absolute atomic E-state index is 6.47. The van der Waals surface area contributed by atoms with Gasteiger partial charge in [0.05, 0.1) is 19.8 Å². The van der Waals surface area contributed by atoms with Gasteiger partial charge in [-0.05, 0) is 38.5 Å². The van der Waals surface area contributed by atoms with Gasteiger partial charge in [-0.1, -0.05) is 85.5 Å². The lowest BCUT2D eigenvalue weighted by atomic mass is 9.92. The van der Waals surface area contributed by atoms with Crippen LogP contribution in [-0.2, 0) is 18.9 Å². The maximum atomic E-state index is 6.47. The molecular weight excluding hydrogens is 376 g/mol. The molecule has 0 N–H and O–H groups in total. The van der Waals surface area contributed by atoms with Crippen LogP contribution in [0.4, 0.5) is 0 Å². The van der Waals surface area contributed by atoms with Gasteiger partial charge in [0.25, 0.3) is 5.97 Å². The zero-order valence-electron chi connectivity index (χ0n) is 21.1. The van der Waals surface area contributed by atoms with Crippen molar-refractivity contribution in [3.63, 3.8) is 0 Å². The van der Waals surface area contributed by atoms with Crippen molar-refractivity contribution < 1.29 is 18.9 Å². The molecule has 0 aliphatic rings. The first kappa shape index (κ1) is 29.8. The molecule has 4 heteroatoms. The van der Waals surface area contributed by atoms with Crippen molar-refractivity contribution in [1.82, 2.24) is 0 Å². The predicted octanol–water partition coefficient (Wildman–Crippen LogP) is 7.88. The number of hydrogen-bond acceptors (Lipinski definition) is 4. The lowest BCUT2D eigenvalue weighted by molar-refractivity contribution is -0.407. The van der Waals surface area contributed by atoms with Crippen molar-refractivity contribution in [2.24, 2.45) is 5.92 Å². The molecule has 1 unspecified atom stereocenters. The average Bonchev–Trinajstić information content (AvgIpc) is 2.75. The highest BCUT2D eigenvalue weighted by atomic mass is 16.9. The van der Waals surface area contributed by atoms with E-state index in [9.17, 15) is 0 Å². The van der Waals surface area contributed by atoms with E-state index in [1.54, 1.807) is 7.11 Å². The van der Waals surface area contributed by atoms with E-state index in [2.05, 4.69) is 27.7 Å². The third kappa shape index (κ3) is 14.8. The largest absolute Gasteiger partial charge is 0.385 e. The normalized spacial score (nSPS) is 13.1. The van der Waals surface area contributed by atoms with Gasteiger partial charge < -0.3 is 18.9 Å². The summed E-state index contributed by atoms with van der Waals surface area (Å²) < 4.78 is 24.7. The maximum Gasteiger partial charge on any atom is 0.285 e. The third-order valence-corrected chi connectivity index (χ3v) is 5.71. The fraction of sp³-hybridized carbons (Fsp3) is 1.00. The Hall–Kier alpha value is -0.160. The van der Waals surface area contributed by atoms with Crippen molar-refractivity contribution in [1.29, 1.82) is 0 Å². The summed E-state index contributed by atoms with van der Waals surface area (Å²) in [6, 6.07) is 0. The van der Waals surface area contributed by atoms with Crippen molar-refractivity contribution in [3.8, 4) is 0 Å². The van der Waals surface area contributed by atoms with Gasteiger partial charge in [0.1, 0.15) is 0 Å². The van der Waals surface area contributed by atoms with Crippen LogP contribution in [0, 0.1) is 5.92 Å². The van der Waals surface area contributed by atoms with Gasteiger partial charge in [-0.25, -0.2) is 0 Å². The Morgan fingerprint density at radius 3 is 1.40 bits per heavy atom. The Labute approximate surface area is 188 Å². The molecule has 0 aromatic carbocycles. The number of ether oxygens (including phenoxy) is 4. The van der Waals surface area contributed by atoms with Crippen LogP contribution in [0.1, 0.15) is 124 Å². The van der Waals surface area contributed by atoms with E-state index < -0.39 is 5.97 Å². The van der Waals surface area contributed by atoms with Crippen molar-refractivity contribution in [2.75, 3.05) is 33.5 Å². The van der Waals surface area contributed by atoms with E-state index in [1.165, 1.54) is 38.5 Å². The highest BCUT2D eigenvalue weighted by Gasteiger charge is 2.42. The highest BCUT2D eigenvalue weighted by Crippen LogP contribution is 2.35. The Balaban J connectivity index is 5.25. The van der Waals surface area contributed by atoms with Crippen molar-refractivity contribution in [2.45, 2.75) is 130 Å². The van der Waals surface area contributed by atoms with E-state index in [-0.39, 0.29) is 5.92 Å². The van der Waals surface area contributed by atoms with E-state index >= 15 is 0 Å². The van der Waals surface area contributed by atoms with Crippen LogP contribution in [0.5, 0.6) is 0 Å². The summed E-state index contributed by atoms with van der Waals surface area (Å²) in [6.07, 6.45) is 17.4. The van der Waals surface area contributed by atoms with Crippen LogP contribution in [0.2, 0.25) is 0 Å². The molecule has 0 amide bonds. The molecule has 0 radical (unpaired) electrons. The minimum absolute atomic E-state index is 0.254. The van der Waals surface area contributed by atoms with E-state index in [1.807, 2.05) is 0 Å². The Kier molecular flexibility index (Phi) is 21.9. The van der Waals surface area contributed by atoms with Gasteiger partial charge in [-0.2, -0.15) is 0 Å². The standard InChI is InChI=1S/C26H54O4/c1-6-10-14-15-16-17-19-25(20-18-21-27-5)26(28-22-11-7-2,29-23-12-8-3)30-24-13-9-4/h25H,6-24H2,1-5H3. The van der Waals surface area contributed by atoms with Crippen LogP contribution in [-0.4, -0.2) is 39.5 Å². The molecule has 0 aromatic rings. The van der Waals surface area contributed by atoms with E-state index in [4.69, 9.17) is 18.9 Å². The van der Waals surface area contributed by atoms with Gasteiger partial charge in [0.15, 0.2) is 0 Å². The predicted molar refractivity (Wildman–Crippen MR) is 128 cm³/mol. The summed E-state index contributed by atoms with van der Waals surface area (Å²) >= 11 is 0. The third-order valence-electron chi connectivity index (χ3n) is 5.71. The van der Waals surface area contributed by atoms with Crippen LogP contribution in [0.3, 0.4) is 0 Å². The van der Waals surface area contributed by atoms with E-state index in [0.717, 1.165) is 64.4 Å². The summed E-state index contributed by atoms with van der Waals surface area (Å²) in [5, 5.41) is 0. The van der Waals surface area contributed by atoms with Crippen LogP contribution >= 0.6 is 0 Å². The monoisotopic (exact) mass is 430 g/mol. The topological polar surface area (TPSA) is 36.9 Å².